The van der Waals surface area contributed by atoms with Gasteiger partial charge in [-0.25, -0.2) is 0 Å². The van der Waals surface area contributed by atoms with Crippen LogP contribution >= 0.6 is 0 Å². The van der Waals surface area contributed by atoms with Gasteiger partial charge in [-0.15, -0.1) is 0 Å². The Morgan fingerprint density at radius 1 is 1.11 bits per heavy atom. The van der Waals surface area contributed by atoms with E-state index in [9.17, 15) is 5.11 Å². The first-order valence-electron chi connectivity index (χ1n) is 8.25. The molecule has 1 heterocycles. The minimum atomic E-state index is -0.345. The molecule has 1 saturated carbocycles. The molecule has 2 atom stereocenters. The van der Waals surface area contributed by atoms with Crippen LogP contribution in [0.25, 0.3) is 0 Å². The topological polar surface area (TPSA) is 38.7 Å². The van der Waals surface area contributed by atoms with Crippen LogP contribution in [0.2, 0.25) is 0 Å². The van der Waals surface area contributed by atoms with Crippen molar-refractivity contribution in [3.05, 3.63) is 0 Å². The third-order valence-corrected chi connectivity index (χ3v) is 4.52. The largest absolute Gasteiger partial charge is 0.390 e. The van der Waals surface area contributed by atoms with Crippen LogP contribution < -0.4 is 0 Å². The number of aliphatic hydroxyl groups is 1. The zero-order valence-corrected chi connectivity index (χ0v) is 12.4. The van der Waals surface area contributed by atoms with Crippen LogP contribution in [0.3, 0.4) is 0 Å². The summed E-state index contributed by atoms with van der Waals surface area (Å²) >= 11 is 0. The standard InChI is InChI=1S/C16H30O3/c1-2-3-4-5-7-10-14(17)15-13-18-16(19-15)11-8-6-9-12-16/h14-15,17H,2-13H2,1H3/t14-,15-/m1/s1. The van der Waals surface area contributed by atoms with Gasteiger partial charge in [0.1, 0.15) is 6.10 Å². The van der Waals surface area contributed by atoms with Gasteiger partial charge in [-0.05, 0) is 19.3 Å². The van der Waals surface area contributed by atoms with Crippen LogP contribution in [0.1, 0.15) is 77.6 Å². The number of aliphatic hydroxyl groups excluding tert-OH is 1. The summed E-state index contributed by atoms with van der Waals surface area (Å²) in [6.07, 6.45) is 12.3. The van der Waals surface area contributed by atoms with Crippen molar-refractivity contribution < 1.29 is 14.6 Å². The fraction of sp³-hybridized carbons (Fsp3) is 1.00. The second-order valence-electron chi connectivity index (χ2n) is 6.21. The van der Waals surface area contributed by atoms with Gasteiger partial charge in [0.05, 0.1) is 12.7 Å². The molecule has 3 nitrogen and oxygen atoms in total. The first-order valence-corrected chi connectivity index (χ1v) is 8.25. The summed E-state index contributed by atoms with van der Waals surface area (Å²) in [6.45, 7) is 2.80. The van der Waals surface area contributed by atoms with Crippen molar-refractivity contribution in [2.75, 3.05) is 6.61 Å². The van der Waals surface area contributed by atoms with E-state index in [0.29, 0.717) is 6.61 Å². The smallest absolute Gasteiger partial charge is 0.169 e. The molecule has 0 aromatic heterocycles. The molecular formula is C16H30O3. The Kier molecular flexibility index (Phi) is 6.11. The molecule has 1 aliphatic heterocycles. The Balaban J connectivity index is 1.65. The highest BCUT2D eigenvalue weighted by Gasteiger charge is 2.44. The van der Waals surface area contributed by atoms with E-state index in [1.54, 1.807) is 0 Å². The minimum absolute atomic E-state index is 0.0933. The lowest BCUT2D eigenvalue weighted by Gasteiger charge is -2.32. The lowest BCUT2D eigenvalue weighted by atomic mass is 9.94. The normalized spacial score (nSPS) is 27.8. The average Bonchev–Trinajstić information content (AvgIpc) is 2.83. The Bertz CT molecular complexity index is 248. The molecule has 1 aliphatic carbocycles. The van der Waals surface area contributed by atoms with Gasteiger partial charge in [0.25, 0.3) is 0 Å². The molecule has 3 heteroatoms. The number of unbranched alkanes of at least 4 members (excludes halogenated alkanes) is 4. The van der Waals surface area contributed by atoms with Crippen molar-refractivity contribution in [3.8, 4) is 0 Å². The van der Waals surface area contributed by atoms with Crippen molar-refractivity contribution in [1.82, 2.24) is 0 Å². The summed E-state index contributed by atoms with van der Waals surface area (Å²) in [4.78, 5) is 0. The lowest BCUT2D eigenvalue weighted by molar-refractivity contribution is -0.195. The van der Waals surface area contributed by atoms with Crippen molar-refractivity contribution in [3.63, 3.8) is 0 Å². The van der Waals surface area contributed by atoms with Crippen molar-refractivity contribution in [2.24, 2.45) is 0 Å². The molecule has 0 aromatic carbocycles. The van der Waals surface area contributed by atoms with E-state index in [1.165, 1.54) is 44.9 Å². The summed E-state index contributed by atoms with van der Waals surface area (Å²) in [5.41, 5.74) is 0. The molecule has 1 saturated heterocycles. The molecule has 1 spiro atoms. The Morgan fingerprint density at radius 3 is 2.58 bits per heavy atom. The van der Waals surface area contributed by atoms with Gasteiger partial charge in [-0.3, -0.25) is 0 Å². The fourth-order valence-corrected chi connectivity index (χ4v) is 3.26. The maximum absolute atomic E-state index is 10.2. The van der Waals surface area contributed by atoms with E-state index in [0.717, 1.165) is 25.7 Å². The summed E-state index contributed by atoms with van der Waals surface area (Å²) in [6, 6.07) is 0. The molecule has 1 N–H and O–H groups in total. The third kappa shape index (κ3) is 4.44. The zero-order chi connectivity index (χ0) is 13.6. The highest BCUT2D eigenvalue weighted by atomic mass is 16.7. The van der Waals surface area contributed by atoms with Crippen LogP contribution in [0.15, 0.2) is 0 Å². The molecule has 0 radical (unpaired) electrons. The van der Waals surface area contributed by atoms with Gasteiger partial charge < -0.3 is 14.6 Å². The summed E-state index contributed by atoms with van der Waals surface area (Å²) < 4.78 is 11.9. The predicted octanol–water partition coefficient (Wildman–Crippen LogP) is 3.78. The van der Waals surface area contributed by atoms with Crippen LogP contribution in [0.5, 0.6) is 0 Å². The van der Waals surface area contributed by atoms with E-state index in [2.05, 4.69) is 6.92 Å². The highest BCUT2D eigenvalue weighted by Crippen LogP contribution is 2.38. The molecule has 0 amide bonds. The summed E-state index contributed by atoms with van der Waals surface area (Å²) in [5, 5.41) is 10.2. The zero-order valence-electron chi connectivity index (χ0n) is 12.4. The fourth-order valence-electron chi connectivity index (χ4n) is 3.26. The third-order valence-electron chi connectivity index (χ3n) is 4.52. The van der Waals surface area contributed by atoms with Crippen molar-refractivity contribution in [1.29, 1.82) is 0 Å². The molecule has 2 fully saturated rings. The van der Waals surface area contributed by atoms with E-state index in [1.807, 2.05) is 0 Å². The van der Waals surface area contributed by atoms with Crippen molar-refractivity contribution >= 4 is 0 Å². The van der Waals surface area contributed by atoms with Crippen molar-refractivity contribution in [2.45, 2.75) is 95.5 Å². The molecule has 112 valence electrons. The van der Waals surface area contributed by atoms with Crippen LogP contribution in [-0.4, -0.2) is 29.7 Å². The Morgan fingerprint density at radius 2 is 1.84 bits per heavy atom. The van der Waals surface area contributed by atoms with Gasteiger partial charge in [-0.2, -0.15) is 0 Å². The van der Waals surface area contributed by atoms with E-state index in [-0.39, 0.29) is 18.0 Å². The maximum Gasteiger partial charge on any atom is 0.169 e. The van der Waals surface area contributed by atoms with Crippen LogP contribution in [0.4, 0.5) is 0 Å². The maximum atomic E-state index is 10.2. The minimum Gasteiger partial charge on any atom is -0.390 e. The number of hydrogen-bond donors (Lipinski definition) is 1. The number of hydrogen-bond acceptors (Lipinski definition) is 3. The monoisotopic (exact) mass is 270 g/mol. The quantitative estimate of drug-likeness (QED) is 0.715. The molecule has 2 aliphatic rings. The molecule has 0 bridgehead atoms. The van der Waals surface area contributed by atoms with Crippen LogP contribution in [-0.2, 0) is 9.47 Å². The average molecular weight is 270 g/mol. The van der Waals surface area contributed by atoms with Gasteiger partial charge in [0, 0.05) is 12.8 Å². The molecular weight excluding hydrogens is 240 g/mol. The first kappa shape index (κ1) is 15.3. The van der Waals surface area contributed by atoms with Gasteiger partial charge >= 0.3 is 0 Å². The molecule has 0 aromatic rings. The SMILES string of the molecule is CCCCCCC[C@@H](O)[C@H]1COC2(CCCCC2)O1. The van der Waals surface area contributed by atoms with E-state index >= 15 is 0 Å². The molecule has 2 rings (SSSR count). The lowest BCUT2D eigenvalue weighted by Crippen LogP contribution is -2.36. The van der Waals surface area contributed by atoms with E-state index in [4.69, 9.17) is 9.47 Å². The highest BCUT2D eigenvalue weighted by molar-refractivity contribution is 4.85. The van der Waals surface area contributed by atoms with E-state index < -0.39 is 0 Å². The predicted molar refractivity (Wildman–Crippen MR) is 76.0 cm³/mol. The van der Waals surface area contributed by atoms with Gasteiger partial charge in [0.2, 0.25) is 0 Å². The molecule has 19 heavy (non-hydrogen) atoms. The Hall–Kier alpha value is -0.120. The Labute approximate surface area is 117 Å². The second-order valence-corrected chi connectivity index (χ2v) is 6.21. The first-order chi connectivity index (χ1) is 9.26. The number of rotatable bonds is 7. The second kappa shape index (κ2) is 7.61. The molecule has 0 unspecified atom stereocenters. The van der Waals surface area contributed by atoms with Crippen LogP contribution in [0, 0.1) is 0 Å². The summed E-state index contributed by atoms with van der Waals surface area (Å²) in [5.74, 6) is -0.341. The van der Waals surface area contributed by atoms with Gasteiger partial charge in [0.15, 0.2) is 5.79 Å². The summed E-state index contributed by atoms with van der Waals surface area (Å²) in [7, 11) is 0. The van der Waals surface area contributed by atoms with Gasteiger partial charge in [-0.1, -0.05) is 45.4 Å². The number of ether oxygens (including phenoxy) is 2.